The minimum Gasteiger partial charge on any atom is -0.481 e. The highest BCUT2D eigenvalue weighted by atomic mass is 16.4. The van der Waals surface area contributed by atoms with Crippen molar-refractivity contribution in [2.24, 2.45) is 0 Å². The quantitative estimate of drug-likeness (QED) is 0.751. The molecule has 2 aromatic carbocycles. The zero-order chi connectivity index (χ0) is 17.1. The van der Waals surface area contributed by atoms with Gasteiger partial charge in [-0.05, 0) is 43.5 Å². The zero-order valence-corrected chi connectivity index (χ0v) is 14.1. The lowest BCUT2D eigenvalue weighted by Gasteiger charge is -2.06. The van der Waals surface area contributed by atoms with Gasteiger partial charge < -0.3 is 9.67 Å². The fourth-order valence-corrected chi connectivity index (χ4v) is 3.06. The summed E-state index contributed by atoms with van der Waals surface area (Å²) in [5.41, 5.74) is 5.33. The van der Waals surface area contributed by atoms with E-state index in [2.05, 4.69) is 42.7 Å². The van der Waals surface area contributed by atoms with E-state index < -0.39 is 5.97 Å². The summed E-state index contributed by atoms with van der Waals surface area (Å²) < 4.78 is 2.22. The second-order valence-electron chi connectivity index (χ2n) is 6.15. The molecule has 0 saturated heterocycles. The molecule has 0 aliphatic carbocycles. The molecule has 0 aliphatic heterocycles. The second kappa shape index (κ2) is 6.87. The molecular formula is C20H22N2O2. The lowest BCUT2D eigenvalue weighted by atomic mass is 10.1. The number of aromatic nitrogens is 2. The van der Waals surface area contributed by atoms with Gasteiger partial charge in [-0.3, -0.25) is 4.79 Å². The monoisotopic (exact) mass is 322 g/mol. The summed E-state index contributed by atoms with van der Waals surface area (Å²) >= 11 is 0. The van der Waals surface area contributed by atoms with Crippen molar-refractivity contribution >= 4 is 17.0 Å². The number of aliphatic carboxylic acids is 1. The molecule has 4 nitrogen and oxygen atoms in total. The number of fused-ring (bicyclic) bond motifs is 1. The van der Waals surface area contributed by atoms with Crippen LogP contribution in [0.15, 0.2) is 42.5 Å². The third kappa shape index (κ3) is 3.48. The van der Waals surface area contributed by atoms with Crippen molar-refractivity contribution in [3.8, 4) is 0 Å². The van der Waals surface area contributed by atoms with Gasteiger partial charge in [0.2, 0.25) is 0 Å². The van der Waals surface area contributed by atoms with Gasteiger partial charge in [0.05, 0.1) is 17.5 Å². The number of imidazole rings is 1. The SMILES string of the molecule is CCn1c(CCc2ccc(C)cc2)nc2cc(CC(=O)O)ccc21. The zero-order valence-electron chi connectivity index (χ0n) is 14.1. The summed E-state index contributed by atoms with van der Waals surface area (Å²) in [6, 6.07) is 14.4. The smallest absolute Gasteiger partial charge is 0.307 e. The summed E-state index contributed by atoms with van der Waals surface area (Å²) in [6.45, 7) is 5.06. The molecule has 0 atom stereocenters. The lowest BCUT2D eigenvalue weighted by Crippen LogP contribution is -2.03. The Labute approximate surface area is 141 Å². The maximum absolute atomic E-state index is 10.9. The van der Waals surface area contributed by atoms with Crippen molar-refractivity contribution in [3.63, 3.8) is 0 Å². The van der Waals surface area contributed by atoms with Crippen LogP contribution in [0.25, 0.3) is 11.0 Å². The van der Waals surface area contributed by atoms with Crippen LogP contribution in [0, 0.1) is 6.92 Å². The molecule has 0 aliphatic rings. The second-order valence-corrected chi connectivity index (χ2v) is 6.15. The van der Waals surface area contributed by atoms with Gasteiger partial charge in [-0.2, -0.15) is 0 Å². The fourth-order valence-electron chi connectivity index (χ4n) is 3.06. The highest BCUT2D eigenvalue weighted by Crippen LogP contribution is 2.20. The average Bonchev–Trinajstić information content (AvgIpc) is 2.90. The molecule has 0 radical (unpaired) electrons. The molecule has 24 heavy (non-hydrogen) atoms. The van der Waals surface area contributed by atoms with Gasteiger partial charge in [-0.1, -0.05) is 35.9 Å². The number of carboxylic acid groups (broad SMARTS) is 1. The van der Waals surface area contributed by atoms with Crippen LogP contribution in [0.3, 0.4) is 0 Å². The number of nitrogens with zero attached hydrogens (tertiary/aromatic N) is 2. The third-order valence-corrected chi connectivity index (χ3v) is 4.32. The van der Waals surface area contributed by atoms with Gasteiger partial charge in [0.25, 0.3) is 0 Å². The van der Waals surface area contributed by atoms with Crippen molar-refractivity contribution in [1.82, 2.24) is 9.55 Å². The molecular weight excluding hydrogens is 300 g/mol. The van der Waals surface area contributed by atoms with E-state index in [-0.39, 0.29) is 6.42 Å². The molecule has 3 rings (SSSR count). The third-order valence-electron chi connectivity index (χ3n) is 4.32. The van der Waals surface area contributed by atoms with Gasteiger partial charge in [0, 0.05) is 13.0 Å². The first-order valence-corrected chi connectivity index (χ1v) is 8.32. The van der Waals surface area contributed by atoms with Crippen LogP contribution in [0.4, 0.5) is 0 Å². The number of aryl methyl sites for hydroxylation is 4. The highest BCUT2D eigenvalue weighted by Gasteiger charge is 2.11. The first-order chi connectivity index (χ1) is 11.6. The number of carboxylic acids is 1. The van der Waals surface area contributed by atoms with Crippen molar-refractivity contribution in [2.45, 2.75) is 39.7 Å². The van der Waals surface area contributed by atoms with E-state index in [1.807, 2.05) is 18.2 Å². The molecule has 124 valence electrons. The number of hydrogen-bond donors (Lipinski definition) is 1. The summed E-state index contributed by atoms with van der Waals surface area (Å²) in [5.74, 6) is 0.240. The van der Waals surface area contributed by atoms with Crippen LogP contribution in [0.1, 0.15) is 29.4 Å². The highest BCUT2D eigenvalue weighted by molar-refractivity contribution is 5.79. The van der Waals surface area contributed by atoms with Crippen LogP contribution in [0.2, 0.25) is 0 Å². The van der Waals surface area contributed by atoms with E-state index >= 15 is 0 Å². The van der Waals surface area contributed by atoms with E-state index in [4.69, 9.17) is 10.1 Å². The number of hydrogen-bond acceptors (Lipinski definition) is 2. The van der Waals surface area contributed by atoms with Crippen LogP contribution < -0.4 is 0 Å². The Bertz CT molecular complexity index is 863. The Morgan fingerprint density at radius 1 is 1.08 bits per heavy atom. The lowest BCUT2D eigenvalue weighted by molar-refractivity contribution is -0.136. The molecule has 0 amide bonds. The van der Waals surface area contributed by atoms with Crippen LogP contribution in [0.5, 0.6) is 0 Å². The van der Waals surface area contributed by atoms with E-state index in [0.29, 0.717) is 0 Å². The Morgan fingerprint density at radius 3 is 2.46 bits per heavy atom. The predicted molar refractivity (Wildman–Crippen MR) is 95.3 cm³/mol. The standard InChI is InChI=1S/C20H22N2O2/c1-3-22-18-10-8-16(13-20(23)24)12-17(18)21-19(22)11-9-15-6-4-14(2)5-7-15/h4-8,10,12H,3,9,11,13H2,1-2H3,(H,23,24). The Balaban J connectivity index is 1.86. The van der Waals surface area contributed by atoms with Gasteiger partial charge >= 0.3 is 5.97 Å². The maximum Gasteiger partial charge on any atom is 0.307 e. The molecule has 0 spiro atoms. The molecule has 0 fully saturated rings. The van der Waals surface area contributed by atoms with Crippen LogP contribution in [-0.4, -0.2) is 20.6 Å². The minimum atomic E-state index is -0.816. The van der Waals surface area contributed by atoms with Crippen molar-refractivity contribution in [2.75, 3.05) is 0 Å². The van der Waals surface area contributed by atoms with Crippen molar-refractivity contribution in [1.29, 1.82) is 0 Å². The van der Waals surface area contributed by atoms with Crippen LogP contribution >= 0.6 is 0 Å². The average molecular weight is 322 g/mol. The molecule has 1 N–H and O–H groups in total. The first-order valence-electron chi connectivity index (χ1n) is 8.32. The maximum atomic E-state index is 10.9. The van der Waals surface area contributed by atoms with Gasteiger partial charge in [0.15, 0.2) is 0 Å². The van der Waals surface area contributed by atoms with E-state index in [9.17, 15) is 4.79 Å². The van der Waals surface area contributed by atoms with Crippen molar-refractivity contribution in [3.05, 3.63) is 65.0 Å². The Kier molecular flexibility index (Phi) is 4.65. The van der Waals surface area contributed by atoms with Gasteiger partial charge in [0.1, 0.15) is 5.82 Å². The summed E-state index contributed by atoms with van der Waals surface area (Å²) in [4.78, 5) is 15.6. The van der Waals surface area contributed by atoms with E-state index in [1.54, 1.807) is 0 Å². The largest absolute Gasteiger partial charge is 0.481 e. The van der Waals surface area contributed by atoms with E-state index in [0.717, 1.165) is 41.8 Å². The van der Waals surface area contributed by atoms with Crippen molar-refractivity contribution < 1.29 is 9.90 Å². The normalized spacial score (nSPS) is 11.1. The van der Waals surface area contributed by atoms with Crippen LogP contribution in [-0.2, 0) is 30.6 Å². The Morgan fingerprint density at radius 2 is 1.79 bits per heavy atom. The molecule has 1 heterocycles. The molecule has 0 saturated carbocycles. The van der Waals surface area contributed by atoms with E-state index in [1.165, 1.54) is 11.1 Å². The molecule has 4 heteroatoms. The molecule has 1 aromatic heterocycles. The fraction of sp³-hybridized carbons (Fsp3) is 0.300. The number of carbonyl (C=O) groups is 1. The minimum absolute atomic E-state index is 0.0353. The predicted octanol–water partition coefficient (Wildman–Crippen LogP) is 3.78. The van der Waals surface area contributed by atoms with Gasteiger partial charge in [-0.25, -0.2) is 4.98 Å². The number of rotatable bonds is 6. The summed E-state index contributed by atoms with van der Waals surface area (Å²) in [7, 11) is 0. The summed E-state index contributed by atoms with van der Waals surface area (Å²) in [6.07, 6.45) is 1.86. The molecule has 0 unspecified atom stereocenters. The number of benzene rings is 2. The van der Waals surface area contributed by atoms with Gasteiger partial charge in [-0.15, -0.1) is 0 Å². The summed E-state index contributed by atoms with van der Waals surface area (Å²) in [5, 5.41) is 8.95. The first kappa shape index (κ1) is 16.2. The molecule has 0 bridgehead atoms. The Hall–Kier alpha value is -2.62. The topological polar surface area (TPSA) is 55.1 Å². The molecule has 3 aromatic rings.